The summed E-state index contributed by atoms with van der Waals surface area (Å²) in [5, 5.41) is 0. The Morgan fingerprint density at radius 3 is 2.60 bits per heavy atom. The topological polar surface area (TPSA) is 9.23 Å². The highest BCUT2D eigenvalue weighted by Crippen LogP contribution is 2.12. The number of hydrogen-bond donors (Lipinski definition) is 0. The van der Waals surface area contributed by atoms with E-state index in [1.54, 1.807) is 6.92 Å². The standard InChI is InChI=1S/C13H17FO/c1-3-12(14)13(4-2)15-10-11-8-6-5-7-9-11/h4-9,12-13H,2-3,10H2,1H3. The van der Waals surface area contributed by atoms with E-state index in [-0.39, 0.29) is 0 Å². The van der Waals surface area contributed by atoms with E-state index in [1.807, 2.05) is 30.3 Å². The molecule has 15 heavy (non-hydrogen) atoms. The highest BCUT2D eigenvalue weighted by molar-refractivity contribution is 5.13. The van der Waals surface area contributed by atoms with Crippen LogP contribution in [0, 0.1) is 0 Å². The van der Waals surface area contributed by atoms with E-state index in [4.69, 9.17) is 4.74 Å². The number of benzene rings is 1. The normalized spacial score (nSPS) is 14.5. The third-order valence-corrected chi connectivity index (χ3v) is 2.26. The Labute approximate surface area is 90.6 Å². The molecule has 0 spiro atoms. The molecule has 0 bridgehead atoms. The fourth-order valence-corrected chi connectivity index (χ4v) is 1.32. The number of alkyl halides is 1. The highest BCUT2D eigenvalue weighted by Gasteiger charge is 2.16. The maximum Gasteiger partial charge on any atom is 0.129 e. The molecule has 0 aliphatic carbocycles. The predicted octanol–water partition coefficient (Wildman–Crippen LogP) is 3.51. The monoisotopic (exact) mass is 208 g/mol. The molecule has 82 valence electrons. The Balaban J connectivity index is 2.44. The molecular formula is C13H17FO. The summed E-state index contributed by atoms with van der Waals surface area (Å²) < 4.78 is 18.7. The van der Waals surface area contributed by atoms with Crippen LogP contribution in [0.25, 0.3) is 0 Å². The molecule has 0 amide bonds. The number of hydrogen-bond acceptors (Lipinski definition) is 1. The molecule has 0 N–H and O–H groups in total. The van der Waals surface area contributed by atoms with Gasteiger partial charge in [-0.25, -0.2) is 4.39 Å². The van der Waals surface area contributed by atoms with Crippen molar-refractivity contribution in [3.63, 3.8) is 0 Å². The number of rotatable bonds is 6. The first-order chi connectivity index (χ1) is 7.27. The summed E-state index contributed by atoms with van der Waals surface area (Å²) in [6.07, 6.45) is 0.504. The Hall–Kier alpha value is -1.15. The van der Waals surface area contributed by atoms with Crippen molar-refractivity contribution in [3.8, 4) is 0 Å². The van der Waals surface area contributed by atoms with E-state index in [1.165, 1.54) is 6.08 Å². The average Bonchev–Trinajstić information content (AvgIpc) is 2.31. The van der Waals surface area contributed by atoms with Crippen molar-refractivity contribution in [1.29, 1.82) is 0 Å². The van der Waals surface area contributed by atoms with Crippen LogP contribution in [0.2, 0.25) is 0 Å². The van der Waals surface area contributed by atoms with Crippen molar-refractivity contribution < 1.29 is 9.13 Å². The lowest BCUT2D eigenvalue weighted by molar-refractivity contribution is 0.0169. The smallest absolute Gasteiger partial charge is 0.129 e. The summed E-state index contributed by atoms with van der Waals surface area (Å²) in [5.74, 6) is 0. The number of ether oxygens (including phenoxy) is 1. The maximum atomic E-state index is 13.3. The number of halogens is 1. The first kappa shape index (κ1) is 11.9. The quantitative estimate of drug-likeness (QED) is 0.650. The molecule has 0 saturated heterocycles. The van der Waals surface area contributed by atoms with Crippen LogP contribution >= 0.6 is 0 Å². The lowest BCUT2D eigenvalue weighted by atomic mass is 10.1. The zero-order chi connectivity index (χ0) is 11.1. The van der Waals surface area contributed by atoms with Gasteiger partial charge in [0.25, 0.3) is 0 Å². The summed E-state index contributed by atoms with van der Waals surface area (Å²) in [4.78, 5) is 0. The van der Waals surface area contributed by atoms with Gasteiger partial charge in [0, 0.05) is 0 Å². The third-order valence-electron chi connectivity index (χ3n) is 2.26. The van der Waals surface area contributed by atoms with Crippen molar-refractivity contribution in [2.45, 2.75) is 32.2 Å². The molecule has 1 nitrogen and oxygen atoms in total. The van der Waals surface area contributed by atoms with E-state index in [9.17, 15) is 4.39 Å². The highest BCUT2D eigenvalue weighted by atomic mass is 19.1. The molecule has 0 saturated carbocycles. The fraction of sp³-hybridized carbons (Fsp3) is 0.385. The summed E-state index contributed by atoms with van der Waals surface area (Å²) >= 11 is 0. The van der Waals surface area contributed by atoms with E-state index in [2.05, 4.69) is 6.58 Å². The molecule has 1 aromatic rings. The van der Waals surface area contributed by atoms with Crippen molar-refractivity contribution in [2.75, 3.05) is 0 Å². The van der Waals surface area contributed by atoms with Crippen LogP contribution in [-0.4, -0.2) is 12.3 Å². The zero-order valence-electron chi connectivity index (χ0n) is 9.03. The van der Waals surface area contributed by atoms with Crippen molar-refractivity contribution in [1.82, 2.24) is 0 Å². The van der Waals surface area contributed by atoms with Crippen LogP contribution in [0.4, 0.5) is 4.39 Å². The van der Waals surface area contributed by atoms with E-state index < -0.39 is 12.3 Å². The SMILES string of the molecule is C=CC(OCc1ccccc1)C(F)CC. The van der Waals surface area contributed by atoms with E-state index >= 15 is 0 Å². The van der Waals surface area contributed by atoms with Crippen LogP contribution in [0.3, 0.4) is 0 Å². The minimum absolute atomic E-state index is 0.429. The molecule has 0 aromatic heterocycles. The summed E-state index contributed by atoms with van der Waals surface area (Å²) in [7, 11) is 0. The second kappa shape index (κ2) is 6.36. The summed E-state index contributed by atoms with van der Waals surface area (Å²) in [5.41, 5.74) is 1.05. The molecule has 1 aromatic carbocycles. The van der Waals surface area contributed by atoms with Crippen LogP contribution in [0.1, 0.15) is 18.9 Å². The molecule has 2 heteroatoms. The molecular weight excluding hydrogens is 191 g/mol. The van der Waals surface area contributed by atoms with Gasteiger partial charge in [0.1, 0.15) is 12.3 Å². The second-order valence-corrected chi connectivity index (χ2v) is 3.42. The van der Waals surface area contributed by atoms with Gasteiger partial charge >= 0.3 is 0 Å². The average molecular weight is 208 g/mol. The van der Waals surface area contributed by atoms with Gasteiger partial charge in [0.2, 0.25) is 0 Å². The molecule has 2 unspecified atom stereocenters. The van der Waals surface area contributed by atoms with Crippen LogP contribution in [-0.2, 0) is 11.3 Å². The van der Waals surface area contributed by atoms with Crippen LogP contribution < -0.4 is 0 Å². The first-order valence-corrected chi connectivity index (χ1v) is 5.20. The Morgan fingerprint density at radius 2 is 2.07 bits per heavy atom. The zero-order valence-corrected chi connectivity index (χ0v) is 9.03. The van der Waals surface area contributed by atoms with E-state index in [0.29, 0.717) is 13.0 Å². The third kappa shape index (κ3) is 3.84. The van der Waals surface area contributed by atoms with Crippen molar-refractivity contribution in [2.24, 2.45) is 0 Å². The molecule has 0 aliphatic rings. The van der Waals surface area contributed by atoms with Gasteiger partial charge < -0.3 is 4.74 Å². The van der Waals surface area contributed by atoms with Crippen molar-refractivity contribution in [3.05, 3.63) is 48.6 Å². The van der Waals surface area contributed by atoms with Gasteiger partial charge in [0.15, 0.2) is 0 Å². The Kier molecular flexibility index (Phi) is 5.05. The largest absolute Gasteiger partial charge is 0.366 e. The van der Waals surface area contributed by atoms with Gasteiger partial charge in [0.05, 0.1) is 6.61 Å². The summed E-state index contributed by atoms with van der Waals surface area (Å²) in [6.45, 7) is 5.80. The molecule has 0 heterocycles. The lowest BCUT2D eigenvalue weighted by Crippen LogP contribution is -2.22. The van der Waals surface area contributed by atoms with Crippen LogP contribution in [0.5, 0.6) is 0 Å². The lowest BCUT2D eigenvalue weighted by Gasteiger charge is -2.16. The second-order valence-electron chi connectivity index (χ2n) is 3.42. The summed E-state index contributed by atoms with van der Waals surface area (Å²) in [6, 6.07) is 9.74. The maximum absolute atomic E-state index is 13.3. The van der Waals surface area contributed by atoms with Crippen molar-refractivity contribution >= 4 is 0 Å². The molecule has 0 aliphatic heterocycles. The van der Waals surface area contributed by atoms with Gasteiger partial charge in [-0.15, -0.1) is 6.58 Å². The minimum Gasteiger partial charge on any atom is -0.366 e. The Morgan fingerprint density at radius 1 is 1.40 bits per heavy atom. The fourth-order valence-electron chi connectivity index (χ4n) is 1.32. The first-order valence-electron chi connectivity index (χ1n) is 5.20. The molecule has 2 atom stereocenters. The van der Waals surface area contributed by atoms with E-state index in [0.717, 1.165) is 5.56 Å². The van der Waals surface area contributed by atoms with Gasteiger partial charge in [-0.05, 0) is 12.0 Å². The van der Waals surface area contributed by atoms with Gasteiger partial charge in [-0.1, -0.05) is 43.3 Å². The van der Waals surface area contributed by atoms with Gasteiger partial charge in [-0.2, -0.15) is 0 Å². The Bertz CT molecular complexity index is 284. The molecule has 0 radical (unpaired) electrons. The molecule has 1 rings (SSSR count). The van der Waals surface area contributed by atoms with Gasteiger partial charge in [-0.3, -0.25) is 0 Å². The minimum atomic E-state index is -0.966. The molecule has 0 fully saturated rings. The van der Waals surface area contributed by atoms with Crippen LogP contribution in [0.15, 0.2) is 43.0 Å². The predicted molar refractivity (Wildman–Crippen MR) is 60.4 cm³/mol.